The van der Waals surface area contributed by atoms with E-state index in [4.69, 9.17) is 46.4 Å². The van der Waals surface area contributed by atoms with E-state index < -0.39 is 0 Å². The van der Waals surface area contributed by atoms with Gasteiger partial charge in [-0.15, -0.1) is 11.3 Å². The third-order valence-electron chi connectivity index (χ3n) is 1.56. The Bertz CT molecular complexity index is 491. The van der Waals surface area contributed by atoms with Gasteiger partial charge in [0.15, 0.2) is 5.82 Å². The van der Waals surface area contributed by atoms with Gasteiger partial charge >= 0.3 is 0 Å². The lowest BCUT2D eigenvalue weighted by Gasteiger charge is -1.98. The van der Waals surface area contributed by atoms with E-state index in [0.29, 0.717) is 20.1 Å². The fourth-order valence-corrected chi connectivity index (χ4v) is 2.88. The maximum Gasteiger partial charge on any atom is 0.164 e. The van der Waals surface area contributed by atoms with E-state index in [1.54, 1.807) is 6.07 Å². The summed E-state index contributed by atoms with van der Waals surface area (Å²) < 4.78 is 1.08. The average molecular weight is 300 g/mol. The second-order valence-corrected chi connectivity index (χ2v) is 5.63. The molecule has 0 aliphatic carbocycles. The van der Waals surface area contributed by atoms with Gasteiger partial charge in [0.1, 0.15) is 14.6 Å². The molecule has 0 bridgehead atoms. The Labute approximate surface area is 110 Å². The van der Waals surface area contributed by atoms with Crippen molar-refractivity contribution >= 4 is 57.7 Å². The summed E-state index contributed by atoms with van der Waals surface area (Å²) in [6, 6.07) is 3.13. The number of hydrogen-bond acceptors (Lipinski definition) is 3. The van der Waals surface area contributed by atoms with Crippen LogP contribution in [0.25, 0.3) is 11.4 Å². The summed E-state index contributed by atoms with van der Waals surface area (Å²) >= 11 is 24.5. The number of nitrogens with zero attached hydrogens (tertiary/aromatic N) is 2. The van der Waals surface area contributed by atoms with Gasteiger partial charge in [0.2, 0.25) is 0 Å². The zero-order chi connectivity index (χ0) is 11.0. The lowest BCUT2D eigenvalue weighted by Crippen LogP contribution is -1.88. The lowest BCUT2D eigenvalue weighted by molar-refractivity contribution is 1.18. The largest absolute Gasteiger partial charge is 0.216 e. The fourth-order valence-electron chi connectivity index (χ4n) is 1.00. The summed E-state index contributed by atoms with van der Waals surface area (Å²) in [5.41, 5.74) is 0.635. The highest BCUT2D eigenvalue weighted by atomic mass is 35.5. The molecular weight excluding hydrogens is 298 g/mol. The normalized spacial score (nSPS) is 10.7. The van der Waals surface area contributed by atoms with Gasteiger partial charge in [0.05, 0.1) is 9.90 Å². The SMILES string of the molecule is Clc1cc(Cl)nc(-c2cc(Cl)sc2Cl)n1. The van der Waals surface area contributed by atoms with Gasteiger partial charge in [-0.1, -0.05) is 46.4 Å². The number of hydrogen-bond donors (Lipinski definition) is 0. The highest BCUT2D eigenvalue weighted by Gasteiger charge is 2.12. The minimum atomic E-state index is 0.267. The van der Waals surface area contributed by atoms with Crippen LogP contribution in [0.1, 0.15) is 0 Å². The van der Waals surface area contributed by atoms with Gasteiger partial charge < -0.3 is 0 Å². The Morgan fingerprint density at radius 3 is 2.00 bits per heavy atom. The Kier molecular flexibility index (Phi) is 3.38. The molecule has 0 fully saturated rings. The number of halogens is 4. The van der Waals surface area contributed by atoms with Crippen LogP contribution in [-0.2, 0) is 0 Å². The quantitative estimate of drug-likeness (QED) is 0.706. The average Bonchev–Trinajstić information content (AvgIpc) is 2.43. The van der Waals surface area contributed by atoms with Crippen LogP contribution in [0.3, 0.4) is 0 Å². The summed E-state index contributed by atoms with van der Waals surface area (Å²) in [6.45, 7) is 0. The second kappa shape index (κ2) is 4.44. The molecule has 2 nitrogen and oxygen atoms in total. The molecule has 2 rings (SSSR count). The van der Waals surface area contributed by atoms with E-state index in [1.165, 1.54) is 17.4 Å². The summed E-state index contributed by atoms with van der Waals surface area (Å²) in [4.78, 5) is 8.02. The van der Waals surface area contributed by atoms with Crippen LogP contribution in [0, 0.1) is 0 Å². The molecule has 2 aromatic rings. The second-order valence-electron chi connectivity index (χ2n) is 2.57. The zero-order valence-electron chi connectivity index (χ0n) is 6.97. The molecule has 0 radical (unpaired) electrons. The van der Waals surface area contributed by atoms with E-state index in [-0.39, 0.29) is 10.3 Å². The minimum Gasteiger partial charge on any atom is -0.216 e. The topological polar surface area (TPSA) is 25.8 Å². The van der Waals surface area contributed by atoms with E-state index in [0.717, 1.165) is 0 Å². The van der Waals surface area contributed by atoms with E-state index in [1.807, 2.05) is 0 Å². The van der Waals surface area contributed by atoms with Crippen LogP contribution in [-0.4, -0.2) is 9.97 Å². The Morgan fingerprint density at radius 2 is 1.53 bits per heavy atom. The molecule has 0 N–H and O–H groups in total. The van der Waals surface area contributed by atoms with Crippen molar-refractivity contribution in [3.8, 4) is 11.4 Å². The molecule has 0 amide bonds. The van der Waals surface area contributed by atoms with Crippen LogP contribution in [0.2, 0.25) is 19.0 Å². The van der Waals surface area contributed by atoms with E-state index in [2.05, 4.69) is 9.97 Å². The van der Waals surface area contributed by atoms with Crippen LogP contribution in [0.15, 0.2) is 12.1 Å². The highest BCUT2D eigenvalue weighted by Crippen LogP contribution is 2.37. The molecule has 0 unspecified atom stereocenters. The molecule has 0 spiro atoms. The van der Waals surface area contributed by atoms with E-state index in [9.17, 15) is 0 Å². The third kappa shape index (κ3) is 2.55. The van der Waals surface area contributed by atoms with Gasteiger partial charge in [-0.25, -0.2) is 9.97 Å². The molecule has 0 aliphatic rings. The Balaban J connectivity index is 2.58. The van der Waals surface area contributed by atoms with E-state index >= 15 is 0 Å². The van der Waals surface area contributed by atoms with Gasteiger partial charge in [-0.05, 0) is 6.07 Å². The molecule has 2 heterocycles. The molecule has 0 saturated carbocycles. The van der Waals surface area contributed by atoms with Crippen molar-refractivity contribution in [3.05, 3.63) is 31.1 Å². The van der Waals surface area contributed by atoms with Gasteiger partial charge in [-0.3, -0.25) is 0 Å². The predicted octanol–water partition coefficient (Wildman–Crippen LogP) is 4.82. The Hall–Kier alpha value is -0.0600. The first-order valence-corrected chi connectivity index (χ1v) is 6.04. The van der Waals surface area contributed by atoms with Crippen LogP contribution in [0.4, 0.5) is 0 Å². The van der Waals surface area contributed by atoms with Crippen LogP contribution >= 0.6 is 57.7 Å². The van der Waals surface area contributed by atoms with Gasteiger partial charge in [0, 0.05) is 6.07 Å². The van der Waals surface area contributed by atoms with Gasteiger partial charge in [0.25, 0.3) is 0 Å². The van der Waals surface area contributed by atoms with Crippen molar-refractivity contribution in [1.82, 2.24) is 9.97 Å². The summed E-state index contributed by atoms with van der Waals surface area (Å²) in [7, 11) is 0. The third-order valence-corrected chi connectivity index (χ3v) is 3.44. The van der Waals surface area contributed by atoms with Crippen molar-refractivity contribution in [3.63, 3.8) is 0 Å². The van der Waals surface area contributed by atoms with Crippen LogP contribution in [0.5, 0.6) is 0 Å². The number of thiophene rings is 1. The first-order valence-electron chi connectivity index (χ1n) is 3.71. The van der Waals surface area contributed by atoms with Crippen molar-refractivity contribution in [2.75, 3.05) is 0 Å². The molecule has 7 heteroatoms. The van der Waals surface area contributed by atoms with Crippen molar-refractivity contribution in [2.45, 2.75) is 0 Å². The first kappa shape index (κ1) is 11.4. The monoisotopic (exact) mass is 298 g/mol. The fraction of sp³-hybridized carbons (Fsp3) is 0. The Morgan fingerprint density at radius 1 is 0.933 bits per heavy atom. The molecule has 0 saturated heterocycles. The number of rotatable bonds is 1. The zero-order valence-corrected chi connectivity index (χ0v) is 10.8. The lowest BCUT2D eigenvalue weighted by atomic mass is 10.3. The van der Waals surface area contributed by atoms with Crippen molar-refractivity contribution < 1.29 is 0 Å². The highest BCUT2D eigenvalue weighted by molar-refractivity contribution is 7.20. The van der Waals surface area contributed by atoms with Crippen LogP contribution < -0.4 is 0 Å². The maximum atomic E-state index is 5.95. The molecule has 0 atom stereocenters. The minimum absolute atomic E-state index is 0.267. The first-order chi connectivity index (χ1) is 7.06. The summed E-state index contributed by atoms with van der Waals surface area (Å²) in [6.07, 6.45) is 0. The maximum absolute atomic E-state index is 5.95. The molecular formula is C8H2Cl4N2S. The summed E-state index contributed by atoms with van der Waals surface area (Å²) in [5.74, 6) is 0.376. The molecule has 15 heavy (non-hydrogen) atoms. The molecule has 78 valence electrons. The molecule has 0 aliphatic heterocycles. The smallest absolute Gasteiger partial charge is 0.164 e. The standard InChI is InChI=1S/C8H2Cl4N2S/c9-4-2-5(10)14-8(13-4)3-1-6(11)15-7(3)12/h1-2H. The summed E-state index contributed by atoms with van der Waals surface area (Å²) in [5, 5.41) is 0.534. The molecule has 2 aromatic heterocycles. The van der Waals surface area contributed by atoms with Gasteiger partial charge in [-0.2, -0.15) is 0 Å². The van der Waals surface area contributed by atoms with Crippen molar-refractivity contribution in [2.24, 2.45) is 0 Å². The van der Waals surface area contributed by atoms with Crippen molar-refractivity contribution in [1.29, 1.82) is 0 Å². The number of aromatic nitrogens is 2. The molecule has 0 aromatic carbocycles. The predicted molar refractivity (Wildman–Crippen MR) is 65.4 cm³/mol.